The highest BCUT2D eigenvalue weighted by Crippen LogP contribution is 2.28. The van der Waals surface area contributed by atoms with Crippen LogP contribution in [0.5, 0.6) is 0 Å². The summed E-state index contributed by atoms with van der Waals surface area (Å²) in [6.07, 6.45) is 5.16. The minimum absolute atomic E-state index is 0.0566. The van der Waals surface area contributed by atoms with E-state index in [1.807, 2.05) is 12.1 Å². The van der Waals surface area contributed by atoms with E-state index in [9.17, 15) is 4.79 Å². The van der Waals surface area contributed by atoms with Crippen LogP contribution in [0.1, 0.15) is 0 Å². The van der Waals surface area contributed by atoms with Crippen molar-refractivity contribution in [3.63, 3.8) is 0 Å². The predicted molar refractivity (Wildman–Crippen MR) is 70.5 cm³/mol. The van der Waals surface area contributed by atoms with Gasteiger partial charge in [-0.15, -0.1) is 10.2 Å². The number of hydrogen-bond acceptors (Lipinski definition) is 6. The van der Waals surface area contributed by atoms with Gasteiger partial charge in [-0.3, -0.25) is 14.7 Å². The van der Waals surface area contributed by atoms with E-state index < -0.39 is 0 Å². The van der Waals surface area contributed by atoms with Gasteiger partial charge in [-0.1, -0.05) is 23.1 Å². The Balaban J connectivity index is 2.25. The van der Waals surface area contributed by atoms with E-state index in [4.69, 9.17) is 0 Å². The standard InChI is InChI=1S/C10H10N4OS2/c1-14(10(15)16-2)9-13-12-8(17-9)7-4-3-5-11-6-7/h3-6H,1-2H3. The molecule has 2 aromatic rings. The van der Waals surface area contributed by atoms with Crippen molar-refractivity contribution in [1.29, 1.82) is 0 Å². The van der Waals surface area contributed by atoms with Crippen molar-refractivity contribution in [2.75, 3.05) is 18.2 Å². The summed E-state index contributed by atoms with van der Waals surface area (Å²) in [6, 6.07) is 3.75. The molecule has 0 N–H and O–H groups in total. The molecule has 88 valence electrons. The maximum Gasteiger partial charge on any atom is 0.287 e. The first-order chi connectivity index (χ1) is 8.22. The van der Waals surface area contributed by atoms with Crippen LogP contribution in [0.2, 0.25) is 0 Å². The van der Waals surface area contributed by atoms with Crippen LogP contribution in [0.3, 0.4) is 0 Å². The maximum absolute atomic E-state index is 11.5. The topological polar surface area (TPSA) is 59.0 Å². The summed E-state index contributed by atoms with van der Waals surface area (Å²) in [4.78, 5) is 17.0. The predicted octanol–water partition coefficient (Wildman–Crippen LogP) is 2.52. The number of aromatic nitrogens is 3. The molecule has 1 amide bonds. The van der Waals surface area contributed by atoms with Gasteiger partial charge in [0.1, 0.15) is 0 Å². The Kier molecular flexibility index (Phi) is 3.70. The third kappa shape index (κ3) is 2.62. The molecule has 0 aliphatic heterocycles. The summed E-state index contributed by atoms with van der Waals surface area (Å²) < 4.78 is 0. The van der Waals surface area contributed by atoms with E-state index in [-0.39, 0.29) is 5.24 Å². The summed E-state index contributed by atoms with van der Waals surface area (Å²) >= 11 is 2.51. The smallest absolute Gasteiger partial charge is 0.281 e. The largest absolute Gasteiger partial charge is 0.287 e. The van der Waals surface area contributed by atoms with Crippen LogP contribution in [-0.4, -0.2) is 33.7 Å². The highest BCUT2D eigenvalue weighted by molar-refractivity contribution is 8.13. The second kappa shape index (κ2) is 5.24. The van der Waals surface area contributed by atoms with Crippen molar-refractivity contribution in [1.82, 2.24) is 15.2 Å². The second-order valence-corrected chi connectivity index (χ2v) is 4.87. The van der Waals surface area contributed by atoms with E-state index in [2.05, 4.69) is 15.2 Å². The molecule has 0 atom stereocenters. The van der Waals surface area contributed by atoms with Crippen LogP contribution >= 0.6 is 23.1 Å². The van der Waals surface area contributed by atoms with Crippen molar-refractivity contribution in [3.8, 4) is 10.6 Å². The molecule has 0 unspecified atom stereocenters. The summed E-state index contributed by atoms with van der Waals surface area (Å²) in [7, 11) is 1.69. The third-order valence-electron chi connectivity index (χ3n) is 2.06. The Morgan fingerprint density at radius 1 is 1.47 bits per heavy atom. The molecular weight excluding hydrogens is 256 g/mol. The summed E-state index contributed by atoms with van der Waals surface area (Å²) in [6.45, 7) is 0. The zero-order chi connectivity index (χ0) is 12.3. The van der Waals surface area contributed by atoms with Crippen LogP contribution in [0.4, 0.5) is 9.93 Å². The van der Waals surface area contributed by atoms with Crippen molar-refractivity contribution in [2.45, 2.75) is 0 Å². The lowest BCUT2D eigenvalue weighted by molar-refractivity contribution is 0.266. The van der Waals surface area contributed by atoms with Crippen LogP contribution < -0.4 is 4.90 Å². The molecule has 17 heavy (non-hydrogen) atoms. The molecule has 0 saturated heterocycles. The Hall–Kier alpha value is -1.47. The Morgan fingerprint density at radius 3 is 2.94 bits per heavy atom. The molecule has 2 rings (SSSR count). The number of nitrogens with zero attached hydrogens (tertiary/aromatic N) is 4. The molecule has 0 aliphatic carbocycles. The molecule has 0 fully saturated rings. The molecule has 0 aliphatic rings. The molecule has 0 saturated carbocycles. The van der Waals surface area contributed by atoms with E-state index in [1.165, 1.54) is 16.2 Å². The number of thioether (sulfide) groups is 1. The van der Waals surface area contributed by atoms with Gasteiger partial charge >= 0.3 is 0 Å². The molecular formula is C10H10N4OS2. The minimum atomic E-state index is -0.0566. The highest BCUT2D eigenvalue weighted by atomic mass is 32.2. The van der Waals surface area contributed by atoms with Crippen LogP contribution in [0.25, 0.3) is 10.6 Å². The summed E-state index contributed by atoms with van der Waals surface area (Å²) in [5.74, 6) is 0. The average molecular weight is 266 g/mol. The van der Waals surface area contributed by atoms with Gasteiger partial charge in [-0.05, 0) is 18.4 Å². The molecule has 2 aromatic heterocycles. The number of rotatable bonds is 2. The molecule has 0 radical (unpaired) electrons. The van der Waals surface area contributed by atoms with Crippen molar-refractivity contribution in [2.24, 2.45) is 0 Å². The minimum Gasteiger partial charge on any atom is -0.281 e. The first-order valence-electron chi connectivity index (χ1n) is 4.78. The molecule has 0 spiro atoms. The van der Waals surface area contributed by atoms with Gasteiger partial charge in [-0.2, -0.15) is 0 Å². The first kappa shape index (κ1) is 12.0. The number of pyridine rings is 1. The van der Waals surface area contributed by atoms with Gasteiger partial charge < -0.3 is 0 Å². The lowest BCUT2D eigenvalue weighted by atomic mass is 10.3. The molecule has 0 bridgehead atoms. The Bertz CT molecular complexity index is 514. The van der Waals surface area contributed by atoms with E-state index in [0.29, 0.717) is 5.13 Å². The summed E-state index contributed by atoms with van der Waals surface area (Å²) in [5.41, 5.74) is 0.904. The van der Waals surface area contributed by atoms with Gasteiger partial charge in [0, 0.05) is 25.0 Å². The first-order valence-corrected chi connectivity index (χ1v) is 6.82. The third-order valence-corrected chi connectivity index (χ3v) is 3.73. The van der Waals surface area contributed by atoms with Crippen molar-refractivity contribution >= 4 is 33.5 Å². The normalized spacial score (nSPS) is 10.2. The van der Waals surface area contributed by atoms with E-state index in [1.54, 1.807) is 25.7 Å². The zero-order valence-corrected chi connectivity index (χ0v) is 11.0. The fourth-order valence-corrected chi connectivity index (χ4v) is 2.38. The van der Waals surface area contributed by atoms with Gasteiger partial charge in [-0.25, -0.2) is 0 Å². The summed E-state index contributed by atoms with van der Waals surface area (Å²) in [5, 5.41) is 9.33. The maximum atomic E-state index is 11.5. The van der Waals surface area contributed by atoms with Gasteiger partial charge in [0.25, 0.3) is 5.24 Å². The molecule has 0 aromatic carbocycles. The molecule has 5 nitrogen and oxygen atoms in total. The SMILES string of the molecule is CSC(=O)N(C)c1nnc(-c2cccnc2)s1. The van der Waals surface area contributed by atoms with Gasteiger partial charge in [0.2, 0.25) is 5.13 Å². The number of amides is 1. The van der Waals surface area contributed by atoms with Crippen molar-refractivity contribution in [3.05, 3.63) is 24.5 Å². The Morgan fingerprint density at radius 2 is 2.29 bits per heavy atom. The van der Waals surface area contributed by atoms with Crippen molar-refractivity contribution < 1.29 is 4.79 Å². The molecule has 2 heterocycles. The van der Waals surface area contributed by atoms with Gasteiger partial charge in [0.05, 0.1) is 0 Å². The lowest BCUT2D eigenvalue weighted by Crippen LogP contribution is -2.20. The average Bonchev–Trinajstić information content (AvgIpc) is 2.87. The lowest BCUT2D eigenvalue weighted by Gasteiger charge is -2.09. The van der Waals surface area contributed by atoms with Gasteiger partial charge in [0.15, 0.2) is 5.01 Å². The highest BCUT2D eigenvalue weighted by Gasteiger charge is 2.15. The number of carbonyl (C=O) groups excluding carboxylic acids is 1. The van der Waals surface area contributed by atoms with Crippen LogP contribution in [0, 0.1) is 0 Å². The van der Waals surface area contributed by atoms with E-state index >= 15 is 0 Å². The number of anilines is 1. The van der Waals surface area contributed by atoms with Crippen LogP contribution in [0.15, 0.2) is 24.5 Å². The quantitative estimate of drug-likeness (QED) is 0.836. The Labute approximate surface area is 107 Å². The number of carbonyl (C=O) groups is 1. The van der Waals surface area contributed by atoms with Crippen LogP contribution in [-0.2, 0) is 0 Å². The fourth-order valence-electron chi connectivity index (χ4n) is 1.17. The fraction of sp³-hybridized carbons (Fsp3) is 0.200. The number of hydrogen-bond donors (Lipinski definition) is 0. The second-order valence-electron chi connectivity index (χ2n) is 3.16. The monoisotopic (exact) mass is 266 g/mol. The zero-order valence-electron chi connectivity index (χ0n) is 9.32. The molecule has 7 heteroatoms. The van der Waals surface area contributed by atoms with E-state index in [0.717, 1.165) is 22.3 Å².